The molecule has 0 aliphatic carbocycles. The van der Waals surface area contributed by atoms with Crippen LogP contribution in [0.2, 0.25) is 0 Å². The fraction of sp³-hybridized carbons (Fsp3) is 0.222. The normalized spacial score (nSPS) is 11.4. The quantitative estimate of drug-likeness (QED) is 0.187. The molecule has 0 saturated heterocycles. The van der Waals surface area contributed by atoms with E-state index < -0.39 is 17.6 Å². The molecule has 7 nitrogen and oxygen atoms in total. The molecule has 11 heteroatoms. The highest BCUT2D eigenvalue weighted by molar-refractivity contribution is 7.22. The van der Waals surface area contributed by atoms with Crippen molar-refractivity contribution in [1.82, 2.24) is 4.98 Å². The standard InChI is InChI=1S/C27H26F3N5O2S/c1-16-7-9-20(33-24(36)17-5-4-6-19(13-17)27(28,29)30)15-22(16)34-25(37)18-8-10-21-23(14-18)38-26(35-21)32-12-3-2-11-31/h4-10,13-15H,2-3,11-12,31H2,1H3,(H,32,35)(H,33,36)(H,34,37). The smallest absolute Gasteiger partial charge is 0.361 e. The number of nitrogens with two attached hydrogens (primary N) is 1. The zero-order valence-corrected chi connectivity index (χ0v) is 21.3. The van der Waals surface area contributed by atoms with Crippen molar-refractivity contribution in [2.75, 3.05) is 29.0 Å². The Morgan fingerprint density at radius 3 is 2.47 bits per heavy atom. The number of rotatable bonds is 9. The summed E-state index contributed by atoms with van der Waals surface area (Å²) in [5.41, 5.74) is 7.24. The van der Waals surface area contributed by atoms with Gasteiger partial charge in [-0.3, -0.25) is 9.59 Å². The lowest BCUT2D eigenvalue weighted by molar-refractivity contribution is -0.137. The van der Waals surface area contributed by atoms with Gasteiger partial charge in [0.05, 0.1) is 15.8 Å². The van der Waals surface area contributed by atoms with Crippen molar-refractivity contribution in [3.63, 3.8) is 0 Å². The second kappa shape index (κ2) is 11.6. The van der Waals surface area contributed by atoms with Crippen LogP contribution < -0.4 is 21.7 Å². The third kappa shape index (κ3) is 6.67. The number of nitrogens with zero attached hydrogens (tertiary/aromatic N) is 1. The van der Waals surface area contributed by atoms with Crippen LogP contribution in [0.15, 0.2) is 60.7 Å². The van der Waals surface area contributed by atoms with Gasteiger partial charge in [0.2, 0.25) is 0 Å². The third-order valence-corrected chi connectivity index (χ3v) is 6.73. The first kappa shape index (κ1) is 27.1. The Bertz CT molecular complexity index is 1470. The molecule has 0 spiro atoms. The van der Waals surface area contributed by atoms with Crippen LogP contribution in [-0.4, -0.2) is 29.9 Å². The predicted octanol–water partition coefficient (Wildman–Crippen LogP) is 6.28. The number of aromatic nitrogens is 1. The number of amides is 2. The molecule has 3 aromatic carbocycles. The number of carbonyl (C=O) groups is 2. The summed E-state index contributed by atoms with van der Waals surface area (Å²) in [5.74, 6) is -1.04. The topological polar surface area (TPSA) is 109 Å². The van der Waals surface area contributed by atoms with Crippen LogP contribution in [0.5, 0.6) is 0 Å². The number of hydrogen-bond donors (Lipinski definition) is 4. The Labute approximate surface area is 221 Å². The lowest BCUT2D eigenvalue weighted by Gasteiger charge is -2.13. The molecule has 1 aromatic heterocycles. The van der Waals surface area contributed by atoms with E-state index in [0.29, 0.717) is 23.5 Å². The Balaban J connectivity index is 1.45. The molecule has 4 aromatic rings. The molecule has 5 N–H and O–H groups in total. The second-order valence-electron chi connectivity index (χ2n) is 8.64. The van der Waals surface area contributed by atoms with E-state index in [1.807, 2.05) is 0 Å². The molecule has 2 amide bonds. The Morgan fingerprint density at radius 2 is 1.71 bits per heavy atom. The van der Waals surface area contributed by atoms with E-state index in [4.69, 9.17) is 5.73 Å². The van der Waals surface area contributed by atoms with Crippen molar-refractivity contribution in [1.29, 1.82) is 0 Å². The van der Waals surface area contributed by atoms with Gasteiger partial charge in [0, 0.05) is 29.0 Å². The Kier molecular flexibility index (Phi) is 8.28. The molecule has 198 valence electrons. The number of thiazole rings is 1. The van der Waals surface area contributed by atoms with Gasteiger partial charge in [-0.15, -0.1) is 0 Å². The molecule has 4 rings (SSSR count). The minimum absolute atomic E-state index is 0.128. The molecular weight excluding hydrogens is 515 g/mol. The number of fused-ring (bicyclic) bond motifs is 1. The van der Waals surface area contributed by atoms with Crippen molar-refractivity contribution >= 4 is 49.9 Å². The largest absolute Gasteiger partial charge is 0.416 e. The molecule has 0 aliphatic rings. The van der Waals surface area contributed by atoms with Gasteiger partial charge in [0.1, 0.15) is 0 Å². The number of hydrogen-bond acceptors (Lipinski definition) is 6. The maximum absolute atomic E-state index is 13.0. The third-order valence-electron chi connectivity index (χ3n) is 5.75. The maximum Gasteiger partial charge on any atom is 0.416 e. The van der Waals surface area contributed by atoms with Crippen molar-refractivity contribution in [3.05, 3.63) is 82.9 Å². The van der Waals surface area contributed by atoms with E-state index in [0.717, 1.165) is 52.4 Å². The average Bonchev–Trinajstić information content (AvgIpc) is 3.30. The van der Waals surface area contributed by atoms with Gasteiger partial charge in [0.15, 0.2) is 5.13 Å². The molecule has 0 radical (unpaired) electrons. The van der Waals surface area contributed by atoms with E-state index in [-0.39, 0.29) is 11.5 Å². The lowest BCUT2D eigenvalue weighted by Crippen LogP contribution is -2.15. The van der Waals surface area contributed by atoms with E-state index in [2.05, 4.69) is 20.9 Å². The van der Waals surface area contributed by atoms with Crippen LogP contribution in [0.4, 0.5) is 29.7 Å². The number of carbonyl (C=O) groups excluding carboxylic acids is 2. The van der Waals surface area contributed by atoms with Gasteiger partial charge >= 0.3 is 6.18 Å². The first-order valence-corrected chi connectivity index (χ1v) is 12.7. The number of aryl methyl sites for hydroxylation is 1. The second-order valence-corrected chi connectivity index (χ2v) is 9.67. The van der Waals surface area contributed by atoms with Gasteiger partial charge in [-0.05, 0) is 80.4 Å². The molecule has 0 aliphatic heterocycles. The van der Waals surface area contributed by atoms with E-state index in [1.165, 1.54) is 23.5 Å². The summed E-state index contributed by atoms with van der Waals surface area (Å²) in [6, 6.07) is 14.3. The molecule has 0 unspecified atom stereocenters. The molecule has 1 heterocycles. The van der Waals surface area contributed by atoms with Gasteiger partial charge in [-0.1, -0.05) is 23.5 Å². The highest BCUT2D eigenvalue weighted by atomic mass is 32.1. The first-order valence-electron chi connectivity index (χ1n) is 11.9. The monoisotopic (exact) mass is 541 g/mol. The Hall–Kier alpha value is -3.96. The summed E-state index contributed by atoms with van der Waals surface area (Å²) in [5, 5.41) is 9.48. The number of alkyl halides is 3. The fourth-order valence-electron chi connectivity index (χ4n) is 3.68. The van der Waals surface area contributed by atoms with Crippen molar-refractivity contribution in [3.8, 4) is 0 Å². The van der Waals surface area contributed by atoms with E-state index in [1.54, 1.807) is 43.3 Å². The summed E-state index contributed by atoms with van der Waals surface area (Å²) in [6.07, 6.45) is -2.68. The number of halogens is 3. The summed E-state index contributed by atoms with van der Waals surface area (Å²) >= 11 is 1.45. The molecule has 0 fully saturated rings. The molecule has 0 bridgehead atoms. The highest BCUT2D eigenvalue weighted by Crippen LogP contribution is 2.30. The molecular formula is C27H26F3N5O2S. The Morgan fingerprint density at radius 1 is 0.947 bits per heavy atom. The van der Waals surface area contributed by atoms with E-state index >= 15 is 0 Å². The molecule has 0 atom stereocenters. The number of unbranched alkanes of at least 4 members (excludes halogenated alkanes) is 1. The minimum atomic E-state index is -4.55. The average molecular weight is 542 g/mol. The molecule has 0 saturated carbocycles. The van der Waals surface area contributed by atoms with Crippen molar-refractivity contribution in [2.24, 2.45) is 5.73 Å². The highest BCUT2D eigenvalue weighted by Gasteiger charge is 2.30. The zero-order valence-electron chi connectivity index (χ0n) is 20.5. The first-order chi connectivity index (χ1) is 18.1. The van der Waals surface area contributed by atoms with E-state index in [9.17, 15) is 22.8 Å². The lowest BCUT2D eigenvalue weighted by atomic mass is 10.1. The van der Waals surface area contributed by atoms with Gasteiger partial charge < -0.3 is 21.7 Å². The van der Waals surface area contributed by atoms with Crippen LogP contribution >= 0.6 is 11.3 Å². The van der Waals surface area contributed by atoms with Gasteiger partial charge in [-0.25, -0.2) is 4.98 Å². The number of anilines is 3. The minimum Gasteiger partial charge on any atom is -0.361 e. The van der Waals surface area contributed by atoms with Crippen molar-refractivity contribution < 1.29 is 22.8 Å². The summed E-state index contributed by atoms with van der Waals surface area (Å²) in [4.78, 5) is 30.1. The van der Waals surface area contributed by atoms with Gasteiger partial charge in [0.25, 0.3) is 11.8 Å². The van der Waals surface area contributed by atoms with Crippen molar-refractivity contribution in [2.45, 2.75) is 25.9 Å². The van der Waals surface area contributed by atoms with Crippen LogP contribution in [0, 0.1) is 6.92 Å². The van der Waals surface area contributed by atoms with Crippen LogP contribution in [0.25, 0.3) is 10.2 Å². The number of nitrogens with one attached hydrogen (secondary N) is 3. The summed E-state index contributed by atoms with van der Waals surface area (Å²) in [7, 11) is 0. The number of benzene rings is 3. The summed E-state index contributed by atoms with van der Waals surface area (Å²) < 4.78 is 39.9. The SMILES string of the molecule is Cc1ccc(NC(=O)c2cccc(C(F)(F)F)c2)cc1NC(=O)c1ccc2nc(NCCCCN)sc2c1. The molecule has 38 heavy (non-hydrogen) atoms. The van der Waals surface area contributed by atoms with Crippen LogP contribution in [0.3, 0.4) is 0 Å². The van der Waals surface area contributed by atoms with Crippen LogP contribution in [-0.2, 0) is 6.18 Å². The van der Waals surface area contributed by atoms with Gasteiger partial charge in [-0.2, -0.15) is 13.2 Å². The predicted molar refractivity (Wildman–Crippen MR) is 145 cm³/mol. The maximum atomic E-state index is 13.0. The van der Waals surface area contributed by atoms with Crippen LogP contribution in [0.1, 0.15) is 44.7 Å². The fourth-order valence-corrected chi connectivity index (χ4v) is 4.61. The summed E-state index contributed by atoms with van der Waals surface area (Å²) in [6.45, 7) is 3.21. The zero-order chi connectivity index (χ0) is 27.3.